The number of hydrogen-bond acceptors (Lipinski definition) is 3. The number of hydrogen-bond donors (Lipinski definition) is 2. The fraction of sp³-hybridized carbons (Fsp3) is 0.800. The van der Waals surface area contributed by atoms with Gasteiger partial charge in [-0.3, -0.25) is 9.59 Å². The fourth-order valence-electron chi connectivity index (χ4n) is 1.96. The SMILES string of the molecule is NC(=O)CNC1CCN(C(=O)C2CC2)C1. The minimum atomic E-state index is -0.345. The first-order valence-corrected chi connectivity index (χ1v) is 5.47. The number of nitrogens with zero attached hydrogens (tertiary/aromatic N) is 1. The molecule has 3 N–H and O–H groups in total. The van der Waals surface area contributed by atoms with E-state index in [1.807, 2.05) is 4.90 Å². The molecule has 0 spiro atoms. The quantitative estimate of drug-likeness (QED) is 0.631. The van der Waals surface area contributed by atoms with Crippen molar-refractivity contribution in [3.05, 3.63) is 0 Å². The molecule has 1 saturated carbocycles. The second-order valence-electron chi connectivity index (χ2n) is 4.39. The molecule has 0 radical (unpaired) electrons. The average Bonchev–Trinajstić information content (AvgIpc) is 2.93. The largest absolute Gasteiger partial charge is 0.369 e. The summed E-state index contributed by atoms with van der Waals surface area (Å²) in [5.41, 5.74) is 5.04. The fourth-order valence-corrected chi connectivity index (χ4v) is 1.96. The Morgan fingerprint density at radius 2 is 2.07 bits per heavy atom. The third-order valence-electron chi connectivity index (χ3n) is 2.99. The zero-order chi connectivity index (χ0) is 10.8. The molecule has 0 aromatic heterocycles. The van der Waals surface area contributed by atoms with Gasteiger partial charge in [-0.1, -0.05) is 0 Å². The maximum Gasteiger partial charge on any atom is 0.231 e. The molecule has 1 atom stereocenters. The summed E-state index contributed by atoms with van der Waals surface area (Å²) in [7, 11) is 0. The van der Waals surface area contributed by atoms with Crippen LogP contribution < -0.4 is 11.1 Å². The monoisotopic (exact) mass is 211 g/mol. The lowest BCUT2D eigenvalue weighted by Crippen LogP contribution is -2.39. The number of primary amides is 1. The summed E-state index contributed by atoms with van der Waals surface area (Å²) in [6.45, 7) is 1.74. The Labute approximate surface area is 89.0 Å². The Bertz CT molecular complexity index is 276. The average molecular weight is 211 g/mol. The molecule has 2 fully saturated rings. The lowest BCUT2D eigenvalue weighted by molar-refractivity contribution is -0.131. The van der Waals surface area contributed by atoms with Gasteiger partial charge in [0, 0.05) is 25.0 Å². The molecule has 0 aromatic rings. The molecule has 84 valence electrons. The van der Waals surface area contributed by atoms with Crippen molar-refractivity contribution >= 4 is 11.8 Å². The molecule has 5 nitrogen and oxygen atoms in total. The summed E-state index contributed by atoms with van der Waals surface area (Å²) in [4.78, 5) is 24.2. The first kappa shape index (κ1) is 10.4. The summed E-state index contributed by atoms with van der Waals surface area (Å²) < 4.78 is 0. The molecule has 0 bridgehead atoms. The van der Waals surface area contributed by atoms with Crippen molar-refractivity contribution < 1.29 is 9.59 Å². The van der Waals surface area contributed by atoms with Gasteiger partial charge in [0.25, 0.3) is 0 Å². The van der Waals surface area contributed by atoms with Gasteiger partial charge in [0.2, 0.25) is 11.8 Å². The molecule has 15 heavy (non-hydrogen) atoms. The number of carbonyl (C=O) groups excluding carboxylic acids is 2. The van der Waals surface area contributed by atoms with Crippen molar-refractivity contribution in [2.24, 2.45) is 11.7 Å². The molecule has 1 heterocycles. The summed E-state index contributed by atoms with van der Waals surface area (Å²) >= 11 is 0. The van der Waals surface area contributed by atoms with Crippen LogP contribution in [-0.4, -0.2) is 42.4 Å². The second-order valence-corrected chi connectivity index (χ2v) is 4.39. The summed E-state index contributed by atoms with van der Waals surface area (Å²) in [5, 5.41) is 3.06. The topological polar surface area (TPSA) is 75.4 Å². The molecule has 1 unspecified atom stereocenters. The van der Waals surface area contributed by atoms with Gasteiger partial charge in [-0.2, -0.15) is 0 Å². The Kier molecular flexibility index (Phi) is 2.90. The second kappa shape index (κ2) is 4.18. The van der Waals surface area contributed by atoms with Crippen molar-refractivity contribution in [2.75, 3.05) is 19.6 Å². The molecular weight excluding hydrogens is 194 g/mol. The van der Waals surface area contributed by atoms with E-state index in [0.717, 1.165) is 32.4 Å². The number of nitrogens with one attached hydrogen (secondary N) is 1. The van der Waals surface area contributed by atoms with E-state index in [0.29, 0.717) is 11.8 Å². The normalized spacial score (nSPS) is 25.6. The third kappa shape index (κ3) is 2.68. The van der Waals surface area contributed by atoms with E-state index in [-0.39, 0.29) is 18.5 Å². The van der Waals surface area contributed by atoms with Crippen LogP contribution in [-0.2, 0) is 9.59 Å². The van der Waals surface area contributed by atoms with Gasteiger partial charge < -0.3 is 16.0 Å². The van der Waals surface area contributed by atoms with Crippen LogP contribution in [0.4, 0.5) is 0 Å². The van der Waals surface area contributed by atoms with Crippen LogP contribution in [0.5, 0.6) is 0 Å². The van der Waals surface area contributed by atoms with Crippen molar-refractivity contribution in [3.8, 4) is 0 Å². The van der Waals surface area contributed by atoms with Gasteiger partial charge >= 0.3 is 0 Å². The highest BCUT2D eigenvalue weighted by Gasteiger charge is 2.36. The van der Waals surface area contributed by atoms with Crippen LogP contribution in [0.3, 0.4) is 0 Å². The molecule has 2 rings (SSSR count). The summed E-state index contributed by atoms with van der Waals surface area (Å²) in [5.74, 6) is 0.236. The van der Waals surface area contributed by atoms with E-state index in [1.165, 1.54) is 0 Å². The predicted molar refractivity (Wildman–Crippen MR) is 54.9 cm³/mol. The molecule has 2 aliphatic rings. The van der Waals surface area contributed by atoms with Gasteiger partial charge in [0.1, 0.15) is 0 Å². The van der Waals surface area contributed by atoms with Crippen LogP contribution in [0.15, 0.2) is 0 Å². The van der Waals surface area contributed by atoms with E-state index >= 15 is 0 Å². The molecule has 1 saturated heterocycles. The van der Waals surface area contributed by atoms with Gasteiger partial charge in [-0.05, 0) is 19.3 Å². The van der Waals surface area contributed by atoms with Crippen molar-refractivity contribution in [2.45, 2.75) is 25.3 Å². The van der Waals surface area contributed by atoms with Crippen molar-refractivity contribution in [1.82, 2.24) is 10.2 Å². The van der Waals surface area contributed by atoms with E-state index < -0.39 is 0 Å². The van der Waals surface area contributed by atoms with Crippen LogP contribution in [0.2, 0.25) is 0 Å². The summed E-state index contributed by atoms with van der Waals surface area (Å²) in [6.07, 6.45) is 3.02. The predicted octanol–water partition coefficient (Wildman–Crippen LogP) is -0.928. The molecule has 1 aliphatic heterocycles. The Hall–Kier alpha value is -1.10. The Morgan fingerprint density at radius 3 is 2.67 bits per heavy atom. The van der Waals surface area contributed by atoms with Gasteiger partial charge in [0.15, 0.2) is 0 Å². The smallest absolute Gasteiger partial charge is 0.231 e. The highest BCUT2D eigenvalue weighted by Crippen LogP contribution is 2.32. The number of rotatable bonds is 4. The number of amides is 2. The number of likely N-dealkylation sites (tertiary alicyclic amines) is 1. The number of nitrogens with two attached hydrogens (primary N) is 1. The third-order valence-corrected chi connectivity index (χ3v) is 2.99. The maximum atomic E-state index is 11.7. The standard InChI is InChI=1S/C10H17N3O2/c11-9(14)5-12-8-3-4-13(6-8)10(15)7-1-2-7/h7-8,12H,1-6H2,(H2,11,14). The molecule has 1 aliphatic carbocycles. The van der Waals surface area contributed by atoms with Crippen LogP contribution in [0.25, 0.3) is 0 Å². The zero-order valence-corrected chi connectivity index (χ0v) is 8.74. The Morgan fingerprint density at radius 1 is 1.33 bits per heavy atom. The lowest BCUT2D eigenvalue weighted by atomic mass is 10.2. The highest BCUT2D eigenvalue weighted by atomic mass is 16.2. The zero-order valence-electron chi connectivity index (χ0n) is 8.74. The van der Waals surface area contributed by atoms with Gasteiger partial charge in [-0.15, -0.1) is 0 Å². The van der Waals surface area contributed by atoms with Gasteiger partial charge in [-0.25, -0.2) is 0 Å². The molecule has 5 heteroatoms. The van der Waals surface area contributed by atoms with E-state index in [4.69, 9.17) is 5.73 Å². The van der Waals surface area contributed by atoms with E-state index in [1.54, 1.807) is 0 Å². The summed E-state index contributed by atoms with van der Waals surface area (Å²) in [6, 6.07) is 0.236. The lowest BCUT2D eigenvalue weighted by Gasteiger charge is -2.16. The number of carbonyl (C=O) groups is 2. The van der Waals surface area contributed by atoms with Crippen LogP contribution >= 0.6 is 0 Å². The minimum absolute atomic E-state index is 0.204. The van der Waals surface area contributed by atoms with Crippen molar-refractivity contribution in [1.29, 1.82) is 0 Å². The first-order chi connectivity index (χ1) is 7.16. The highest BCUT2D eigenvalue weighted by molar-refractivity contribution is 5.81. The van der Waals surface area contributed by atoms with E-state index in [9.17, 15) is 9.59 Å². The molecule has 2 amide bonds. The Balaban J connectivity index is 1.73. The minimum Gasteiger partial charge on any atom is -0.369 e. The van der Waals surface area contributed by atoms with Gasteiger partial charge in [0.05, 0.1) is 6.54 Å². The maximum absolute atomic E-state index is 11.7. The molecular formula is C10H17N3O2. The van der Waals surface area contributed by atoms with Crippen molar-refractivity contribution in [3.63, 3.8) is 0 Å². The van der Waals surface area contributed by atoms with Crippen LogP contribution in [0, 0.1) is 5.92 Å². The van der Waals surface area contributed by atoms with Crippen LogP contribution in [0.1, 0.15) is 19.3 Å². The van der Waals surface area contributed by atoms with E-state index in [2.05, 4.69) is 5.32 Å². The first-order valence-electron chi connectivity index (χ1n) is 5.47. The molecule has 0 aromatic carbocycles.